The maximum Gasteiger partial charge on any atom is 0.153 e. The van der Waals surface area contributed by atoms with Gasteiger partial charge in [-0.3, -0.25) is 4.79 Å². The number of pyridine rings is 1. The van der Waals surface area contributed by atoms with Gasteiger partial charge < -0.3 is 9.64 Å². The fourth-order valence-electron chi connectivity index (χ4n) is 3.74. The summed E-state index contributed by atoms with van der Waals surface area (Å²) in [4.78, 5) is 18.5. The molecule has 4 nitrogen and oxygen atoms in total. The Kier molecular flexibility index (Phi) is 4.10. The molecule has 4 heteroatoms. The molecule has 1 atom stereocenters. The van der Waals surface area contributed by atoms with Gasteiger partial charge in [0.25, 0.3) is 0 Å². The van der Waals surface area contributed by atoms with E-state index < -0.39 is 0 Å². The molecule has 2 heterocycles. The summed E-state index contributed by atoms with van der Waals surface area (Å²) >= 11 is 0. The molecular weight excluding hydrogens is 312 g/mol. The number of hydrogen-bond acceptors (Lipinski definition) is 4. The summed E-state index contributed by atoms with van der Waals surface area (Å²) in [5, 5.41) is 1.14. The second-order valence-corrected chi connectivity index (χ2v) is 6.30. The minimum absolute atomic E-state index is 0.170. The second kappa shape index (κ2) is 6.55. The molecule has 2 aromatic carbocycles. The van der Waals surface area contributed by atoms with E-state index in [0.717, 1.165) is 48.0 Å². The molecule has 0 radical (unpaired) electrons. The number of ether oxygens (including phenoxy) is 1. The Balaban J connectivity index is 1.76. The van der Waals surface area contributed by atoms with Crippen molar-refractivity contribution in [2.45, 2.75) is 18.9 Å². The van der Waals surface area contributed by atoms with Crippen molar-refractivity contribution >= 4 is 23.0 Å². The summed E-state index contributed by atoms with van der Waals surface area (Å²) in [5.74, 6) is 1.65. The van der Waals surface area contributed by atoms with Gasteiger partial charge in [0.1, 0.15) is 11.6 Å². The molecule has 0 aliphatic carbocycles. The number of para-hydroxylation sites is 2. The first-order valence-electron chi connectivity index (χ1n) is 8.56. The summed E-state index contributed by atoms with van der Waals surface area (Å²) in [5.41, 5.74) is 2.65. The summed E-state index contributed by atoms with van der Waals surface area (Å²) in [6.07, 6.45) is 2.97. The fourth-order valence-corrected chi connectivity index (χ4v) is 3.74. The van der Waals surface area contributed by atoms with Crippen LogP contribution in [0.25, 0.3) is 10.9 Å². The van der Waals surface area contributed by atoms with Crippen LogP contribution >= 0.6 is 0 Å². The van der Waals surface area contributed by atoms with Crippen molar-refractivity contribution in [2.75, 3.05) is 18.6 Å². The van der Waals surface area contributed by atoms with Crippen molar-refractivity contribution in [2.24, 2.45) is 0 Å². The topological polar surface area (TPSA) is 42.4 Å². The molecule has 3 aromatic rings. The molecule has 0 bridgehead atoms. The van der Waals surface area contributed by atoms with Crippen LogP contribution in [0.3, 0.4) is 0 Å². The van der Waals surface area contributed by atoms with E-state index in [4.69, 9.17) is 9.72 Å². The van der Waals surface area contributed by atoms with E-state index in [2.05, 4.69) is 29.2 Å². The standard InChI is InChI=1S/C21H20N2O2/c1-25-21-16(14-24)7-4-8-17(21)19-10-5-13-23(19)20-12-11-15-6-2-3-9-18(15)22-20/h2-4,6-9,11-12,14,19H,5,10,13H2,1H3. The van der Waals surface area contributed by atoms with Crippen LogP contribution in [0.4, 0.5) is 5.82 Å². The van der Waals surface area contributed by atoms with Crippen molar-refractivity contribution in [3.8, 4) is 5.75 Å². The summed E-state index contributed by atoms with van der Waals surface area (Å²) < 4.78 is 5.56. The Morgan fingerprint density at radius 1 is 1.12 bits per heavy atom. The van der Waals surface area contributed by atoms with Crippen LogP contribution in [0.5, 0.6) is 5.75 Å². The lowest BCUT2D eigenvalue weighted by Crippen LogP contribution is -2.24. The monoisotopic (exact) mass is 332 g/mol. The zero-order valence-corrected chi connectivity index (χ0v) is 14.2. The third-order valence-corrected chi connectivity index (χ3v) is 4.90. The largest absolute Gasteiger partial charge is 0.496 e. The lowest BCUT2D eigenvalue weighted by molar-refractivity contribution is 0.112. The number of nitrogens with zero attached hydrogens (tertiary/aromatic N) is 2. The molecule has 1 aromatic heterocycles. The minimum Gasteiger partial charge on any atom is -0.496 e. The van der Waals surface area contributed by atoms with E-state index in [1.807, 2.05) is 24.3 Å². The first-order valence-corrected chi connectivity index (χ1v) is 8.56. The summed E-state index contributed by atoms with van der Waals surface area (Å²) in [6, 6.07) is 18.3. The molecule has 1 saturated heterocycles. The molecule has 1 aliphatic rings. The predicted molar refractivity (Wildman–Crippen MR) is 99.4 cm³/mol. The maximum absolute atomic E-state index is 11.3. The van der Waals surface area contributed by atoms with Gasteiger partial charge in [-0.25, -0.2) is 4.98 Å². The highest BCUT2D eigenvalue weighted by atomic mass is 16.5. The van der Waals surface area contributed by atoms with Gasteiger partial charge in [-0.05, 0) is 37.1 Å². The Bertz CT molecular complexity index is 923. The smallest absolute Gasteiger partial charge is 0.153 e. The summed E-state index contributed by atoms with van der Waals surface area (Å²) in [7, 11) is 1.62. The van der Waals surface area contributed by atoms with Crippen molar-refractivity contribution in [3.05, 3.63) is 65.7 Å². The highest BCUT2D eigenvalue weighted by Crippen LogP contribution is 2.40. The van der Waals surface area contributed by atoms with Crippen molar-refractivity contribution in [3.63, 3.8) is 0 Å². The van der Waals surface area contributed by atoms with Crippen molar-refractivity contribution in [1.29, 1.82) is 0 Å². The van der Waals surface area contributed by atoms with Crippen LogP contribution < -0.4 is 9.64 Å². The molecule has 25 heavy (non-hydrogen) atoms. The van der Waals surface area contributed by atoms with Gasteiger partial charge in [0.2, 0.25) is 0 Å². The Morgan fingerprint density at radius 3 is 2.84 bits per heavy atom. The molecule has 1 unspecified atom stereocenters. The molecule has 0 spiro atoms. The average Bonchev–Trinajstić information content (AvgIpc) is 3.16. The van der Waals surface area contributed by atoms with Crippen molar-refractivity contribution in [1.82, 2.24) is 4.98 Å². The number of benzene rings is 2. The number of aromatic nitrogens is 1. The predicted octanol–water partition coefficient (Wildman–Crippen LogP) is 4.40. The van der Waals surface area contributed by atoms with Crippen LogP contribution in [-0.2, 0) is 0 Å². The molecule has 126 valence electrons. The Morgan fingerprint density at radius 2 is 2.00 bits per heavy atom. The third-order valence-electron chi connectivity index (χ3n) is 4.90. The maximum atomic E-state index is 11.3. The van der Waals surface area contributed by atoms with Crippen LogP contribution in [0.1, 0.15) is 34.8 Å². The number of carbonyl (C=O) groups is 1. The second-order valence-electron chi connectivity index (χ2n) is 6.30. The number of methoxy groups -OCH3 is 1. The first-order chi connectivity index (χ1) is 12.3. The van der Waals surface area contributed by atoms with Gasteiger partial charge in [-0.2, -0.15) is 0 Å². The molecular formula is C21H20N2O2. The van der Waals surface area contributed by atoms with Gasteiger partial charge in [0, 0.05) is 17.5 Å². The molecule has 0 saturated carbocycles. The third kappa shape index (κ3) is 2.74. The van der Waals surface area contributed by atoms with E-state index in [9.17, 15) is 4.79 Å². The van der Waals surface area contributed by atoms with Gasteiger partial charge in [0.05, 0.1) is 24.2 Å². The highest BCUT2D eigenvalue weighted by Gasteiger charge is 2.30. The number of carbonyl (C=O) groups excluding carboxylic acids is 1. The van der Waals surface area contributed by atoms with E-state index >= 15 is 0 Å². The minimum atomic E-state index is 0.170. The van der Waals surface area contributed by atoms with Crippen LogP contribution in [0, 0.1) is 0 Å². The van der Waals surface area contributed by atoms with Gasteiger partial charge in [-0.15, -0.1) is 0 Å². The van der Waals surface area contributed by atoms with Crippen LogP contribution in [-0.4, -0.2) is 24.9 Å². The zero-order chi connectivity index (χ0) is 17.2. The van der Waals surface area contributed by atoms with E-state index in [1.54, 1.807) is 13.2 Å². The number of anilines is 1. The molecule has 1 fully saturated rings. The van der Waals surface area contributed by atoms with Crippen LogP contribution in [0.15, 0.2) is 54.6 Å². The number of rotatable bonds is 4. The molecule has 1 aliphatic heterocycles. The molecule has 4 rings (SSSR count). The zero-order valence-electron chi connectivity index (χ0n) is 14.2. The van der Waals surface area contributed by atoms with Gasteiger partial charge in [-0.1, -0.05) is 30.3 Å². The lowest BCUT2D eigenvalue weighted by atomic mass is 10.0. The Labute approximate surface area is 147 Å². The van der Waals surface area contributed by atoms with E-state index in [-0.39, 0.29) is 6.04 Å². The van der Waals surface area contributed by atoms with E-state index in [0.29, 0.717) is 11.3 Å². The number of hydrogen-bond donors (Lipinski definition) is 0. The van der Waals surface area contributed by atoms with Gasteiger partial charge in [0.15, 0.2) is 6.29 Å². The summed E-state index contributed by atoms with van der Waals surface area (Å²) in [6.45, 7) is 0.949. The lowest BCUT2D eigenvalue weighted by Gasteiger charge is -2.28. The Hall–Kier alpha value is -2.88. The molecule has 0 N–H and O–H groups in total. The normalized spacial score (nSPS) is 17.0. The highest BCUT2D eigenvalue weighted by molar-refractivity contribution is 5.81. The number of fused-ring (bicyclic) bond motifs is 1. The number of aldehydes is 1. The van der Waals surface area contributed by atoms with Gasteiger partial charge >= 0.3 is 0 Å². The first kappa shape index (κ1) is 15.6. The van der Waals surface area contributed by atoms with E-state index in [1.165, 1.54) is 0 Å². The average molecular weight is 332 g/mol. The fraction of sp³-hybridized carbons (Fsp3) is 0.238. The SMILES string of the molecule is COc1c(C=O)cccc1C1CCCN1c1ccc2ccccc2n1. The molecule has 0 amide bonds. The van der Waals surface area contributed by atoms with Crippen LogP contribution in [0.2, 0.25) is 0 Å². The quantitative estimate of drug-likeness (QED) is 0.664. The van der Waals surface area contributed by atoms with Crippen molar-refractivity contribution < 1.29 is 9.53 Å².